The van der Waals surface area contributed by atoms with Gasteiger partial charge in [0.2, 0.25) is 5.91 Å². The van der Waals surface area contributed by atoms with Crippen molar-refractivity contribution >= 4 is 5.91 Å². The number of carbonyl (C=O) groups excluding carboxylic acids is 1. The molecular weight excluding hydrogens is 240 g/mol. The van der Waals surface area contributed by atoms with E-state index in [1.54, 1.807) is 0 Å². The molecule has 0 unspecified atom stereocenters. The summed E-state index contributed by atoms with van der Waals surface area (Å²) in [6.45, 7) is 6.24. The summed E-state index contributed by atoms with van der Waals surface area (Å²) in [5.41, 5.74) is 5.88. The van der Waals surface area contributed by atoms with Gasteiger partial charge in [-0.15, -0.1) is 0 Å². The maximum Gasteiger partial charge on any atom is 0.220 e. The first-order chi connectivity index (χ1) is 9.08. The number of hydrogen-bond acceptors (Lipinski definition) is 3. The van der Waals surface area contributed by atoms with E-state index in [-0.39, 0.29) is 5.91 Å². The molecule has 1 aliphatic carbocycles. The van der Waals surface area contributed by atoms with Crippen LogP contribution in [-0.4, -0.2) is 31.7 Å². The maximum atomic E-state index is 11.7. The average molecular weight is 270 g/mol. The van der Waals surface area contributed by atoms with E-state index < -0.39 is 0 Å². The highest BCUT2D eigenvalue weighted by molar-refractivity contribution is 5.75. The van der Waals surface area contributed by atoms with E-state index >= 15 is 0 Å². The van der Waals surface area contributed by atoms with Crippen molar-refractivity contribution in [1.82, 2.24) is 5.32 Å². The molecule has 0 radical (unpaired) electrons. The van der Waals surface area contributed by atoms with Gasteiger partial charge in [0.15, 0.2) is 0 Å². The predicted molar refractivity (Wildman–Crippen MR) is 77.8 cm³/mol. The molecule has 1 amide bonds. The number of carbonyl (C=O) groups is 1. The second-order valence-electron chi connectivity index (χ2n) is 6.14. The van der Waals surface area contributed by atoms with Crippen LogP contribution in [0.2, 0.25) is 0 Å². The van der Waals surface area contributed by atoms with Gasteiger partial charge in [-0.2, -0.15) is 0 Å². The fraction of sp³-hybridized carbons (Fsp3) is 0.933. The number of nitrogens with two attached hydrogens (primary N) is 1. The Morgan fingerprint density at radius 2 is 2.00 bits per heavy atom. The van der Waals surface area contributed by atoms with Crippen LogP contribution in [0.1, 0.15) is 52.4 Å². The van der Waals surface area contributed by atoms with E-state index in [2.05, 4.69) is 19.2 Å². The van der Waals surface area contributed by atoms with Crippen LogP contribution in [0.4, 0.5) is 0 Å². The van der Waals surface area contributed by atoms with Gasteiger partial charge < -0.3 is 15.8 Å². The normalized spacial score (nSPS) is 23.6. The first-order valence-electron chi connectivity index (χ1n) is 7.68. The molecule has 4 nitrogen and oxygen atoms in total. The summed E-state index contributed by atoms with van der Waals surface area (Å²) < 4.78 is 5.42. The lowest BCUT2D eigenvalue weighted by molar-refractivity contribution is -0.121. The lowest BCUT2D eigenvalue weighted by Gasteiger charge is -2.25. The molecule has 0 bridgehead atoms. The zero-order valence-electron chi connectivity index (χ0n) is 12.5. The van der Waals surface area contributed by atoms with Gasteiger partial charge in [0.05, 0.1) is 6.61 Å². The van der Waals surface area contributed by atoms with Crippen molar-refractivity contribution in [2.24, 2.45) is 17.6 Å². The van der Waals surface area contributed by atoms with Gasteiger partial charge in [0.25, 0.3) is 0 Å². The number of amides is 1. The van der Waals surface area contributed by atoms with E-state index in [0.717, 1.165) is 25.9 Å². The Kier molecular flexibility index (Phi) is 8.07. The monoisotopic (exact) mass is 270 g/mol. The van der Waals surface area contributed by atoms with Crippen molar-refractivity contribution in [1.29, 1.82) is 0 Å². The molecule has 0 aromatic carbocycles. The lowest BCUT2D eigenvalue weighted by atomic mass is 9.84. The minimum absolute atomic E-state index is 0.156. The number of hydrogen-bond donors (Lipinski definition) is 2. The number of ether oxygens (including phenoxy) is 1. The highest BCUT2D eigenvalue weighted by Gasteiger charge is 2.18. The first kappa shape index (κ1) is 16.4. The van der Waals surface area contributed by atoms with E-state index in [1.807, 2.05) is 0 Å². The summed E-state index contributed by atoms with van der Waals surface area (Å²) in [5.74, 6) is 1.40. The van der Waals surface area contributed by atoms with Gasteiger partial charge in [0, 0.05) is 25.6 Å². The summed E-state index contributed by atoms with van der Waals surface area (Å²) in [6, 6.07) is 0.392. The maximum absolute atomic E-state index is 11.7. The fourth-order valence-electron chi connectivity index (χ4n) is 2.48. The topological polar surface area (TPSA) is 64.3 Å². The molecule has 1 saturated carbocycles. The van der Waals surface area contributed by atoms with Crippen molar-refractivity contribution in [2.75, 3.05) is 19.8 Å². The number of nitrogens with one attached hydrogen (secondary N) is 1. The van der Waals surface area contributed by atoms with Crippen LogP contribution in [0.5, 0.6) is 0 Å². The van der Waals surface area contributed by atoms with Crippen LogP contribution in [0.15, 0.2) is 0 Å². The molecule has 0 spiro atoms. The van der Waals surface area contributed by atoms with Crippen molar-refractivity contribution in [3.63, 3.8) is 0 Å². The second kappa shape index (κ2) is 9.32. The minimum Gasteiger partial charge on any atom is -0.379 e. The quantitative estimate of drug-likeness (QED) is 0.664. The third kappa shape index (κ3) is 8.22. The Balaban J connectivity index is 1.96. The predicted octanol–water partition coefficient (Wildman–Crippen LogP) is 2.07. The van der Waals surface area contributed by atoms with Gasteiger partial charge in [-0.1, -0.05) is 13.8 Å². The van der Waals surface area contributed by atoms with Gasteiger partial charge in [-0.3, -0.25) is 4.79 Å². The van der Waals surface area contributed by atoms with Crippen LogP contribution in [0, 0.1) is 11.8 Å². The average Bonchev–Trinajstić information content (AvgIpc) is 2.37. The molecule has 3 N–H and O–H groups in total. The number of rotatable bonds is 8. The summed E-state index contributed by atoms with van der Waals surface area (Å²) in [7, 11) is 0. The zero-order chi connectivity index (χ0) is 14.1. The van der Waals surface area contributed by atoms with Gasteiger partial charge >= 0.3 is 0 Å². The molecule has 19 heavy (non-hydrogen) atoms. The Hall–Kier alpha value is -0.610. The Bertz CT molecular complexity index is 249. The Morgan fingerprint density at radius 3 is 2.63 bits per heavy atom. The molecule has 0 atom stereocenters. The molecule has 1 rings (SSSR count). The first-order valence-corrected chi connectivity index (χ1v) is 7.68. The SMILES string of the molecule is CC(C)COCCNC(=O)CCC1CCC(N)CC1. The van der Waals surface area contributed by atoms with Crippen LogP contribution in [-0.2, 0) is 9.53 Å². The van der Waals surface area contributed by atoms with Gasteiger partial charge in [-0.25, -0.2) is 0 Å². The van der Waals surface area contributed by atoms with Crippen molar-refractivity contribution in [3.8, 4) is 0 Å². The second-order valence-corrected chi connectivity index (χ2v) is 6.14. The third-order valence-electron chi connectivity index (χ3n) is 3.69. The van der Waals surface area contributed by atoms with Crippen molar-refractivity contribution in [2.45, 2.75) is 58.4 Å². The van der Waals surface area contributed by atoms with Crippen LogP contribution in [0.3, 0.4) is 0 Å². The molecule has 0 aromatic rings. The van der Waals surface area contributed by atoms with E-state index in [4.69, 9.17) is 10.5 Å². The molecule has 1 aliphatic rings. The highest BCUT2D eigenvalue weighted by Crippen LogP contribution is 2.26. The van der Waals surface area contributed by atoms with Gasteiger partial charge in [0.1, 0.15) is 0 Å². The van der Waals surface area contributed by atoms with E-state index in [0.29, 0.717) is 37.5 Å². The molecule has 0 aliphatic heterocycles. The highest BCUT2D eigenvalue weighted by atomic mass is 16.5. The smallest absolute Gasteiger partial charge is 0.220 e. The molecule has 0 saturated heterocycles. The molecular formula is C15H30N2O2. The van der Waals surface area contributed by atoms with Gasteiger partial charge in [-0.05, 0) is 43.9 Å². The standard InChI is InChI=1S/C15H30N2O2/c1-12(2)11-19-10-9-17-15(18)8-5-13-3-6-14(16)7-4-13/h12-14H,3-11,16H2,1-2H3,(H,17,18). The van der Waals surface area contributed by atoms with Crippen molar-refractivity contribution < 1.29 is 9.53 Å². The molecule has 1 fully saturated rings. The Labute approximate surface area is 117 Å². The fourth-order valence-corrected chi connectivity index (χ4v) is 2.48. The zero-order valence-corrected chi connectivity index (χ0v) is 12.5. The third-order valence-corrected chi connectivity index (χ3v) is 3.69. The summed E-state index contributed by atoms with van der Waals surface area (Å²) in [6.07, 6.45) is 6.26. The molecule has 4 heteroatoms. The summed E-state index contributed by atoms with van der Waals surface area (Å²) in [5, 5.41) is 2.92. The van der Waals surface area contributed by atoms with E-state index in [1.165, 1.54) is 12.8 Å². The molecule has 0 aromatic heterocycles. The summed E-state index contributed by atoms with van der Waals surface area (Å²) in [4.78, 5) is 11.7. The molecule has 112 valence electrons. The molecule has 0 heterocycles. The van der Waals surface area contributed by atoms with Crippen molar-refractivity contribution in [3.05, 3.63) is 0 Å². The largest absolute Gasteiger partial charge is 0.379 e. The van der Waals surface area contributed by atoms with E-state index in [9.17, 15) is 4.79 Å². The van der Waals surface area contributed by atoms with Crippen LogP contribution in [0.25, 0.3) is 0 Å². The Morgan fingerprint density at radius 1 is 1.32 bits per heavy atom. The lowest BCUT2D eigenvalue weighted by Crippen LogP contribution is -2.29. The summed E-state index contributed by atoms with van der Waals surface area (Å²) >= 11 is 0. The van der Waals surface area contributed by atoms with Crippen LogP contribution >= 0.6 is 0 Å². The van der Waals surface area contributed by atoms with Crippen LogP contribution < -0.4 is 11.1 Å². The minimum atomic E-state index is 0.156.